The van der Waals surface area contributed by atoms with Crippen LogP contribution in [0.4, 0.5) is 5.13 Å². The SMILES string of the molecule is COc1cc(C2C3=C(OC4CCCCC4C3=O)C(=O)N2c2nc(C)c(C)s2)cc(OC)c1OC. The largest absolute Gasteiger partial charge is 0.493 e. The first kappa shape index (κ1) is 22.7. The highest BCUT2D eigenvalue weighted by Gasteiger charge is 2.53. The summed E-state index contributed by atoms with van der Waals surface area (Å²) < 4.78 is 22.9. The Morgan fingerprint density at radius 2 is 1.71 bits per heavy atom. The number of anilines is 1. The lowest BCUT2D eigenvalue weighted by Crippen LogP contribution is -2.39. The monoisotopic (exact) mass is 484 g/mol. The fourth-order valence-electron chi connectivity index (χ4n) is 5.18. The number of thiazole rings is 1. The van der Waals surface area contributed by atoms with Crippen molar-refractivity contribution in [3.63, 3.8) is 0 Å². The second kappa shape index (κ2) is 8.61. The van der Waals surface area contributed by atoms with Crippen molar-refractivity contribution in [2.45, 2.75) is 51.7 Å². The van der Waals surface area contributed by atoms with Gasteiger partial charge >= 0.3 is 0 Å². The van der Waals surface area contributed by atoms with Gasteiger partial charge in [-0.25, -0.2) is 4.98 Å². The van der Waals surface area contributed by atoms with Crippen LogP contribution in [-0.2, 0) is 14.3 Å². The summed E-state index contributed by atoms with van der Waals surface area (Å²) in [4.78, 5) is 34.9. The first-order chi connectivity index (χ1) is 16.4. The van der Waals surface area contributed by atoms with Crippen LogP contribution in [0.3, 0.4) is 0 Å². The van der Waals surface area contributed by atoms with E-state index < -0.39 is 6.04 Å². The molecule has 2 aromatic rings. The molecule has 0 bridgehead atoms. The number of nitrogens with zero attached hydrogens (tertiary/aromatic N) is 2. The van der Waals surface area contributed by atoms with Gasteiger partial charge in [0.05, 0.1) is 44.6 Å². The number of aromatic nitrogens is 1. The van der Waals surface area contributed by atoms with E-state index in [1.165, 1.54) is 18.4 Å². The van der Waals surface area contributed by atoms with Crippen LogP contribution in [0, 0.1) is 19.8 Å². The number of methoxy groups -OCH3 is 3. The van der Waals surface area contributed by atoms with Crippen molar-refractivity contribution in [1.82, 2.24) is 4.98 Å². The molecule has 1 aliphatic carbocycles. The number of ketones is 1. The van der Waals surface area contributed by atoms with Gasteiger partial charge in [-0.15, -0.1) is 11.3 Å². The molecule has 3 aliphatic rings. The summed E-state index contributed by atoms with van der Waals surface area (Å²) in [5, 5.41) is 0.535. The van der Waals surface area contributed by atoms with Crippen molar-refractivity contribution in [3.05, 3.63) is 39.6 Å². The van der Waals surface area contributed by atoms with E-state index in [0.717, 1.165) is 36.3 Å². The van der Waals surface area contributed by atoms with Gasteiger partial charge in [0.15, 0.2) is 28.2 Å². The number of amides is 1. The summed E-state index contributed by atoms with van der Waals surface area (Å²) in [5.41, 5.74) is 1.92. The first-order valence-electron chi connectivity index (χ1n) is 11.4. The summed E-state index contributed by atoms with van der Waals surface area (Å²) in [7, 11) is 4.62. The number of Topliss-reactive ketones (excluding diaryl/α,β-unsaturated/α-hetero) is 1. The molecule has 8 nitrogen and oxygen atoms in total. The lowest BCUT2D eigenvalue weighted by molar-refractivity contribution is -0.131. The highest BCUT2D eigenvalue weighted by atomic mass is 32.1. The molecule has 3 heterocycles. The summed E-state index contributed by atoms with van der Waals surface area (Å²) in [6.45, 7) is 3.88. The van der Waals surface area contributed by atoms with Gasteiger partial charge in [0, 0.05) is 4.88 Å². The third-order valence-corrected chi connectivity index (χ3v) is 8.06. The topological polar surface area (TPSA) is 87.2 Å². The molecule has 1 aromatic carbocycles. The molecule has 3 atom stereocenters. The van der Waals surface area contributed by atoms with Crippen LogP contribution < -0.4 is 19.1 Å². The molecule has 1 saturated carbocycles. The minimum absolute atomic E-state index is 0.00875. The molecular formula is C25H28N2O6S. The molecular weight excluding hydrogens is 456 g/mol. The Hall–Kier alpha value is -3.07. The van der Waals surface area contributed by atoms with Gasteiger partial charge in [-0.05, 0) is 50.8 Å². The molecule has 0 saturated heterocycles. The number of rotatable bonds is 5. The van der Waals surface area contributed by atoms with E-state index in [4.69, 9.17) is 18.9 Å². The van der Waals surface area contributed by atoms with Crippen molar-refractivity contribution in [3.8, 4) is 17.2 Å². The van der Waals surface area contributed by atoms with E-state index in [-0.39, 0.29) is 29.5 Å². The summed E-state index contributed by atoms with van der Waals surface area (Å²) in [6, 6.07) is 2.88. The fraction of sp³-hybridized carbons (Fsp3) is 0.480. The zero-order valence-corrected chi connectivity index (χ0v) is 20.8. The normalized spacial score (nSPS) is 24.0. The Kier molecular flexibility index (Phi) is 5.75. The average Bonchev–Trinajstić information content (AvgIpc) is 3.33. The highest BCUT2D eigenvalue weighted by molar-refractivity contribution is 7.15. The highest BCUT2D eigenvalue weighted by Crippen LogP contribution is 2.51. The molecule has 34 heavy (non-hydrogen) atoms. The number of carbonyl (C=O) groups is 2. The van der Waals surface area contributed by atoms with Crippen LogP contribution in [0.5, 0.6) is 17.2 Å². The fourth-order valence-corrected chi connectivity index (χ4v) is 6.11. The number of benzene rings is 1. The quantitative estimate of drug-likeness (QED) is 0.626. The van der Waals surface area contributed by atoms with Crippen molar-refractivity contribution in [1.29, 1.82) is 0 Å². The van der Waals surface area contributed by atoms with Crippen molar-refractivity contribution in [2.75, 3.05) is 26.2 Å². The predicted molar refractivity (Wildman–Crippen MR) is 127 cm³/mol. The zero-order valence-electron chi connectivity index (χ0n) is 20.0. The lowest BCUT2D eigenvalue weighted by Gasteiger charge is -2.35. The Morgan fingerprint density at radius 1 is 1.03 bits per heavy atom. The van der Waals surface area contributed by atoms with Crippen LogP contribution in [0.15, 0.2) is 23.5 Å². The van der Waals surface area contributed by atoms with E-state index in [1.807, 2.05) is 13.8 Å². The predicted octanol–water partition coefficient (Wildman–Crippen LogP) is 4.29. The van der Waals surface area contributed by atoms with Crippen LogP contribution in [-0.4, -0.2) is 44.1 Å². The van der Waals surface area contributed by atoms with E-state index in [2.05, 4.69) is 4.98 Å². The standard InChI is InChI=1S/C25H28N2O6S/c1-12-13(2)34-25(26-12)27-20(14-10-17(30-3)22(32-5)18(11-14)31-4)19-21(28)15-8-6-7-9-16(15)33-23(19)24(27)29/h10-11,15-16,20H,6-9H2,1-5H3. The van der Waals surface area contributed by atoms with Gasteiger partial charge in [-0.2, -0.15) is 0 Å². The van der Waals surface area contributed by atoms with Crippen LogP contribution >= 0.6 is 11.3 Å². The van der Waals surface area contributed by atoms with E-state index in [9.17, 15) is 9.59 Å². The molecule has 5 rings (SSSR count). The molecule has 1 amide bonds. The van der Waals surface area contributed by atoms with E-state index in [1.54, 1.807) is 31.3 Å². The van der Waals surface area contributed by atoms with Gasteiger partial charge in [-0.1, -0.05) is 6.42 Å². The summed E-state index contributed by atoms with van der Waals surface area (Å²) in [5.74, 6) is 0.916. The Balaban J connectivity index is 1.71. The number of hydrogen-bond acceptors (Lipinski definition) is 8. The number of carbonyl (C=O) groups excluding carboxylic acids is 2. The van der Waals surface area contributed by atoms with E-state index in [0.29, 0.717) is 33.5 Å². The Morgan fingerprint density at radius 3 is 2.29 bits per heavy atom. The molecule has 3 unspecified atom stereocenters. The maximum atomic E-state index is 13.8. The van der Waals surface area contributed by atoms with Gasteiger partial charge in [0.25, 0.3) is 5.91 Å². The molecule has 180 valence electrons. The summed E-state index contributed by atoms with van der Waals surface area (Å²) >= 11 is 1.43. The van der Waals surface area contributed by atoms with Crippen LogP contribution in [0.1, 0.15) is 47.9 Å². The first-order valence-corrected chi connectivity index (χ1v) is 12.2. The van der Waals surface area contributed by atoms with Crippen molar-refractivity contribution >= 4 is 28.2 Å². The van der Waals surface area contributed by atoms with Crippen LogP contribution in [0.2, 0.25) is 0 Å². The molecule has 1 aromatic heterocycles. The molecule has 0 spiro atoms. The number of hydrogen-bond donors (Lipinski definition) is 0. The van der Waals surface area contributed by atoms with Gasteiger partial charge in [0.2, 0.25) is 5.75 Å². The third kappa shape index (κ3) is 3.36. The van der Waals surface area contributed by atoms with Crippen molar-refractivity contribution in [2.24, 2.45) is 5.92 Å². The summed E-state index contributed by atoms with van der Waals surface area (Å²) in [6.07, 6.45) is 3.28. The van der Waals surface area contributed by atoms with E-state index >= 15 is 0 Å². The minimum atomic E-state index is -0.698. The van der Waals surface area contributed by atoms with Crippen molar-refractivity contribution < 1.29 is 28.5 Å². The molecule has 1 fully saturated rings. The molecule has 9 heteroatoms. The number of aryl methyl sites for hydroxylation is 2. The third-order valence-electron chi connectivity index (χ3n) is 6.99. The molecule has 2 aliphatic heterocycles. The number of fused-ring (bicyclic) bond motifs is 1. The average molecular weight is 485 g/mol. The maximum absolute atomic E-state index is 13.8. The number of ether oxygens (including phenoxy) is 4. The minimum Gasteiger partial charge on any atom is -0.493 e. The molecule has 0 radical (unpaired) electrons. The Bertz CT molecular complexity index is 1160. The van der Waals surface area contributed by atoms with Gasteiger partial charge in [-0.3, -0.25) is 14.5 Å². The van der Waals surface area contributed by atoms with Crippen LogP contribution in [0.25, 0.3) is 0 Å². The maximum Gasteiger partial charge on any atom is 0.296 e. The lowest BCUT2D eigenvalue weighted by atomic mass is 9.77. The van der Waals surface area contributed by atoms with Gasteiger partial charge < -0.3 is 18.9 Å². The second-order valence-corrected chi connectivity index (χ2v) is 10.0. The second-order valence-electron chi connectivity index (χ2n) is 8.83. The molecule has 0 N–H and O–H groups in total. The zero-order chi connectivity index (χ0) is 24.1. The Labute approximate surface area is 202 Å². The smallest absolute Gasteiger partial charge is 0.296 e. The van der Waals surface area contributed by atoms with Gasteiger partial charge in [0.1, 0.15) is 6.10 Å².